The van der Waals surface area contributed by atoms with Crippen LogP contribution >= 0.6 is 0 Å². The van der Waals surface area contributed by atoms with Crippen LogP contribution in [0.15, 0.2) is 48.6 Å². The summed E-state index contributed by atoms with van der Waals surface area (Å²) in [5, 5.41) is 0. The maximum atomic E-state index is 12.4. The summed E-state index contributed by atoms with van der Waals surface area (Å²) in [4.78, 5) is 12.4. The van der Waals surface area contributed by atoms with Crippen LogP contribution in [-0.4, -0.2) is 45.8 Å². The van der Waals surface area contributed by atoms with E-state index in [1.54, 1.807) is 26.4 Å². The molecule has 192 valence electrons. The molecule has 0 saturated carbocycles. The number of carbonyl (C=O) groups is 1. The Kier molecular flexibility index (Phi) is 9.41. The monoisotopic (exact) mass is 494 g/mol. The fraction of sp³-hybridized carbons (Fsp3) is 0.414. The molecule has 0 aliphatic carbocycles. The second kappa shape index (κ2) is 13.1. The van der Waals surface area contributed by atoms with Crippen molar-refractivity contribution in [3.8, 4) is 23.0 Å². The van der Waals surface area contributed by atoms with Crippen LogP contribution in [0.1, 0.15) is 49.7 Å². The first-order valence-corrected chi connectivity index (χ1v) is 12.5. The minimum Gasteiger partial charge on any atom is -0.493 e. The lowest BCUT2D eigenvalue weighted by atomic mass is 10.1. The molecule has 0 aromatic heterocycles. The van der Waals surface area contributed by atoms with Crippen molar-refractivity contribution in [3.63, 3.8) is 0 Å². The number of hydrogen-bond donors (Lipinski definition) is 0. The average molecular weight is 495 g/mol. The van der Waals surface area contributed by atoms with Gasteiger partial charge in [0.2, 0.25) is 0 Å². The largest absolute Gasteiger partial charge is 0.493 e. The Morgan fingerprint density at radius 1 is 0.722 bits per heavy atom. The summed E-state index contributed by atoms with van der Waals surface area (Å²) >= 11 is 0. The molecule has 0 spiro atoms. The number of carbonyl (C=O) groups excluding carboxylic acids is 1. The van der Waals surface area contributed by atoms with Gasteiger partial charge in [-0.3, -0.25) is 4.79 Å². The number of hydrogen-bond acceptors (Lipinski definition) is 7. The minimum atomic E-state index is -0.249. The van der Waals surface area contributed by atoms with Crippen LogP contribution in [0.5, 0.6) is 23.0 Å². The van der Waals surface area contributed by atoms with Crippen molar-refractivity contribution in [2.75, 3.05) is 27.4 Å². The van der Waals surface area contributed by atoms with Crippen LogP contribution in [-0.2, 0) is 14.3 Å². The Morgan fingerprint density at radius 3 is 1.58 bits per heavy atom. The van der Waals surface area contributed by atoms with Crippen molar-refractivity contribution in [1.82, 2.24) is 0 Å². The molecule has 4 rings (SSSR count). The second-order valence-corrected chi connectivity index (χ2v) is 8.72. The summed E-state index contributed by atoms with van der Waals surface area (Å²) in [5.74, 6) is 2.32. The third-order valence-electron chi connectivity index (χ3n) is 6.05. The lowest BCUT2D eigenvalue weighted by Crippen LogP contribution is -2.25. The molecule has 0 N–H and O–H groups in total. The number of ketones is 1. The first kappa shape index (κ1) is 25.8. The molecule has 2 unspecified atom stereocenters. The molecule has 2 aromatic carbocycles. The molecular weight excluding hydrogens is 460 g/mol. The zero-order chi connectivity index (χ0) is 25.2. The molecule has 36 heavy (non-hydrogen) atoms. The van der Waals surface area contributed by atoms with Crippen LogP contribution in [0.25, 0.3) is 12.2 Å². The highest BCUT2D eigenvalue weighted by molar-refractivity contribution is 6.04. The van der Waals surface area contributed by atoms with Gasteiger partial charge in [0, 0.05) is 12.8 Å². The minimum absolute atomic E-state index is 0.139. The quantitative estimate of drug-likeness (QED) is 0.386. The lowest BCUT2D eigenvalue weighted by molar-refractivity contribution is -0.110. The molecule has 0 amide bonds. The molecule has 2 fully saturated rings. The molecule has 2 aliphatic rings. The predicted octanol–water partition coefficient (Wildman–Crippen LogP) is 5.81. The summed E-state index contributed by atoms with van der Waals surface area (Å²) in [5.41, 5.74) is 1.66. The molecule has 0 bridgehead atoms. The highest BCUT2D eigenvalue weighted by Gasteiger charge is 2.18. The normalized spacial score (nSPS) is 20.4. The molecule has 7 nitrogen and oxygen atoms in total. The first-order valence-electron chi connectivity index (χ1n) is 12.5. The summed E-state index contributed by atoms with van der Waals surface area (Å²) in [6.07, 6.45) is 12.1. The molecule has 2 heterocycles. The van der Waals surface area contributed by atoms with Gasteiger partial charge in [-0.2, -0.15) is 0 Å². The van der Waals surface area contributed by atoms with E-state index in [9.17, 15) is 4.79 Å². The standard InChI is InChI=1S/C29H34O7/c1-31-26-19-21(11-15-24(26)35-28-7-3-5-17-33-28)9-13-23(30)14-10-22-12-16-25(27(20-22)32-2)36-29-8-4-6-18-34-29/h9-16,19-20,28-29H,3-8,17-18H2,1-2H3/b13-9+,14-10+. The van der Waals surface area contributed by atoms with E-state index in [2.05, 4.69) is 0 Å². The highest BCUT2D eigenvalue weighted by Crippen LogP contribution is 2.32. The van der Waals surface area contributed by atoms with E-state index in [-0.39, 0.29) is 18.4 Å². The van der Waals surface area contributed by atoms with Crippen LogP contribution < -0.4 is 18.9 Å². The van der Waals surface area contributed by atoms with E-state index >= 15 is 0 Å². The Hall–Kier alpha value is -3.29. The zero-order valence-corrected chi connectivity index (χ0v) is 20.9. The van der Waals surface area contributed by atoms with Crippen molar-refractivity contribution in [3.05, 3.63) is 59.7 Å². The van der Waals surface area contributed by atoms with Gasteiger partial charge in [0.25, 0.3) is 0 Å². The highest BCUT2D eigenvalue weighted by atomic mass is 16.7. The van der Waals surface area contributed by atoms with Crippen molar-refractivity contribution in [2.45, 2.75) is 51.1 Å². The number of allylic oxidation sites excluding steroid dienone is 2. The fourth-order valence-electron chi connectivity index (χ4n) is 4.07. The van der Waals surface area contributed by atoms with Gasteiger partial charge in [0.1, 0.15) is 0 Å². The fourth-order valence-corrected chi connectivity index (χ4v) is 4.07. The number of benzene rings is 2. The van der Waals surface area contributed by atoms with E-state index in [1.807, 2.05) is 36.4 Å². The molecule has 2 atom stereocenters. The number of methoxy groups -OCH3 is 2. The maximum Gasteiger partial charge on any atom is 0.200 e. The predicted molar refractivity (Wildman–Crippen MR) is 138 cm³/mol. The van der Waals surface area contributed by atoms with Crippen LogP contribution in [0.4, 0.5) is 0 Å². The summed E-state index contributed by atoms with van der Waals surface area (Å²) in [7, 11) is 3.19. The molecule has 0 radical (unpaired) electrons. The molecule has 2 saturated heterocycles. The van der Waals surface area contributed by atoms with Gasteiger partial charge in [-0.1, -0.05) is 24.3 Å². The van der Waals surface area contributed by atoms with Gasteiger partial charge >= 0.3 is 0 Å². The van der Waals surface area contributed by atoms with E-state index in [1.165, 1.54) is 12.2 Å². The average Bonchev–Trinajstić information content (AvgIpc) is 2.93. The Labute approximate surface area is 212 Å². The van der Waals surface area contributed by atoms with Gasteiger partial charge < -0.3 is 28.4 Å². The van der Waals surface area contributed by atoms with Gasteiger partial charge in [-0.25, -0.2) is 0 Å². The SMILES string of the molecule is COc1cc(/C=C/C(=O)/C=C/c2ccc(OC3CCCCO3)c(OC)c2)ccc1OC1CCCCO1. The third kappa shape index (κ3) is 7.35. The van der Waals surface area contributed by atoms with E-state index < -0.39 is 0 Å². The topological polar surface area (TPSA) is 72.5 Å². The molecule has 2 aromatic rings. The Morgan fingerprint density at radius 2 is 1.19 bits per heavy atom. The number of rotatable bonds is 10. The zero-order valence-electron chi connectivity index (χ0n) is 20.9. The molecule has 7 heteroatoms. The lowest BCUT2D eigenvalue weighted by Gasteiger charge is -2.24. The van der Waals surface area contributed by atoms with E-state index in [0.717, 1.165) is 49.7 Å². The maximum absolute atomic E-state index is 12.4. The Balaban J connectivity index is 1.35. The van der Waals surface area contributed by atoms with Crippen LogP contribution in [0.3, 0.4) is 0 Å². The van der Waals surface area contributed by atoms with Crippen molar-refractivity contribution >= 4 is 17.9 Å². The second-order valence-electron chi connectivity index (χ2n) is 8.72. The summed E-state index contributed by atoms with van der Waals surface area (Å²) in [6.45, 7) is 1.42. The molecular formula is C29H34O7. The van der Waals surface area contributed by atoms with Gasteiger partial charge in [0.15, 0.2) is 41.4 Å². The van der Waals surface area contributed by atoms with Gasteiger partial charge in [-0.05, 0) is 73.2 Å². The van der Waals surface area contributed by atoms with Gasteiger partial charge in [-0.15, -0.1) is 0 Å². The smallest absolute Gasteiger partial charge is 0.200 e. The third-order valence-corrected chi connectivity index (χ3v) is 6.05. The summed E-state index contributed by atoms with van der Waals surface area (Å²) < 4.78 is 34.1. The van der Waals surface area contributed by atoms with Crippen molar-refractivity contribution < 1.29 is 33.2 Å². The van der Waals surface area contributed by atoms with Crippen molar-refractivity contribution in [1.29, 1.82) is 0 Å². The van der Waals surface area contributed by atoms with Gasteiger partial charge in [0.05, 0.1) is 27.4 Å². The van der Waals surface area contributed by atoms with Crippen LogP contribution in [0, 0.1) is 0 Å². The summed E-state index contributed by atoms with van der Waals surface area (Å²) in [6, 6.07) is 11.1. The van der Waals surface area contributed by atoms with Crippen molar-refractivity contribution in [2.24, 2.45) is 0 Å². The van der Waals surface area contributed by atoms with E-state index in [4.69, 9.17) is 28.4 Å². The van der Waals surface area contributed by atoms with Crippen LogP contribution in [0.2, 0.25) is 0 Å². The first-order chi connectivity index (χ1) is 17.6. The van der Waals surface area contributed by atoms with E-state index in [0.29, 0.717) is 36.2 Å². The molecule has 2 aliphatic heterocycles. The Bertz CT molecular complexity index is 980. The number of ether oxygens (including phenoxy) is 6.